The minimum atomic E-state index is -0.755. The summed E-state index contributed by atoms with van der Waals surface area (Å²) in [6.07, 6.45) is -0.277. The number of hydrogen-bond acceptors (Lipinski definition) is 1. The molecule has 0 atom stereocenters. The highest BCUT2D eigenvalue weighted by Crippen LogP contribution is 2.18. The van der Waals surface area contributed by atoms with Crippen LogP contribution in [0.5, 0.6) is 0 Å². The number of carbonyl (C=O) groups excluding carboxylic acids is 1. The molecule has 0 aliphatic heterocycles. The van der Waals surface area contributed by atoms with E-state index in [2.05, 4.69) is 21.2 Å². The van der Waals surface area contributed by atoms with Gasteiger partial charge in [0.1, 0.15) is 17.5 Å². The molecular formula is C14H9BrF3NO. The van der Waals surface area contributed by atoms with E-state index < -0.39 is 23.4 Å². The molecule has 0 bridgehead atoms. The predicted octanol–water partition coefficient (Wildman–Crippen LogP) is 4.05. The zero-order valence-electron chi connectivity index (χ0n) is 10.1. The molecule has 0 aliphatic carbocycles. The highest BCUT2D eigenvalue weighted by molar-refractivity contribution is 9.10. The molecular weight excluding hydrogens is 335 g/mol. The highest BCUT2D eigenvalue weighted by atomic mass is 79.9. The summed E-state index contributed by atoms with van der Waals surface area (Å²) in [4.78, 5) is 11.7. The molecule has 0 aromatic heterocycles. The average Bonchev–Trinajstić information content (AvgIpc) is 2.38. The second-order valence-corrected chi connectivity index (χ2v) is 5.00. The molecule has 0 heterocycles. The highest BCUT2D eigenvalue weighted by Gasteiger charge is 2.11. The maximum absolute atomic E-state index is 13.5. The Labute approximate surface area is 121 Å². The second kappa shape index (κ2) is 6.09. The third-order valence-corrected chi connectivity index (χ3v) is 3.05. The van der Waals surface area contributed by atoms with Gasteiger partial charge in [0, 0.05) is 10.5 Å². The van der Waals surface area contributed by atoms with E-state index in [1.165, 1.54) is 18.2 Å². The number of hydrogen-bond donors (Lipinski definition) is 1. The Morgan fingerprint density at radius 3 is 2.50 bits per heavy atom. The van der Waals surface area contributed by atoms with Crippen molar-refractivity contribution in [3.8, 4) is 0 Å². The van der Waals surface area contributed by atoms with E-state index >= 15 is 0 Å². The van der Waals surface area contributed by atoms with Gasteiger partial charge in [0.25, 0.3) is 0 Å². The molecule has 0 fully saturated rings. The molecule has 0 spiro atoms. The van der Waals surface area contributed by atoms with Gasteiger partial charge >= 0.3 is 0 Å². The fourth-order valence-electron chi connectivity index (χ4n) is 1.64. The van der Waals surface area contributed by atoms with E-state index in [4.69, 9.17) is 0 Å². The summed E-state index contributed by atoms with van der Waals surface area (Å²) in [7, 11) is 0. The molecule has 0 radical (unpaired) electrons. The van der Waals surface area contributed by atoms with Gasteiger partial charge in [0.15, 0.2) is 0 Å². The predicted molar refractivity (Wildman–Crippen MR) is 72.8 cm³/mol. The van der Waals surface area contributed by atoms with Crippen LogP contribution in [-0.4, -0.2) is 5.91 Å². The van der Waals surface area contributed by atoms with Gasteiger partial charge in [-0.15, -0.1) is 0 Å². The third-order valence-electron chi connectivity index (χ3n) is 2.56. The minimum Gasteiger partial charge on any atom is -0.323 e. The lowest BCUT2D eigenvalue weighted by molar-refractivity contribution is -0.115. The first-order valence-corrected chi connectivity index (χ1v) is 6.44. The van der Waals surface area contributed by atoms with Crippen LogP contribution in [-0.2, 0) is 11.2 Å². The molecule has 20 heavy (non-hydrogen) atoms. The molecule has 2 aromatic rings. The van der Waals surface area contributed by atoms with E-state index in [1.54, 1.807) is 0 Å². The number of amides is 1. The summed E-state index contributed by atoms with van der Waals surface area (Å²) in [5, 5.41) is 2.21. The SMILES string of the molecule is O=C(Cc1cc(Br)ccc1F)Nc1cc(F)ccc1F. The van der Waals surface area contributed by atoms with Crippen LogP contribution in [0.15, 0.2) is 40.9 Å². The Balaban J connectivity index is 2.13. The van der Waals surface area contributed by atoms with Crippen LogP contribution in [0, 0.1) is 17.5 Å². The Kier molecular flexibility index (Phi) is 4.44. The Hall–Kier alpha value is -1.82. The van der Waals surface area contributed by atoms with Crippen molar-refractivity contribution >= 4 is 27.5 Å². The van der Waals surface area contributed by atoms with Crippen LogP contribution >= 0.6 is 15.9 Å². The second-order valence-electron chi connectivity index (χ2n) is 4.08. The molecule has 2 rings (SSSR count). The van der Waals surface area contributed by atoms with Gasteiger partial charge in [-0.05, 0) is 35.9 Å². The maximum atomic E-state index is 13.5. The van der Waals surface area contributed by atoms with Crippen LogP contribution < -0.4 is 5.32 Å². The third kappa shape index (κ3) is 3.60. The van der Waals surface area contributed by atoms with Crippen molar-refractivity contribution in [1.29, 1.82) is 0 Å². The van der Waals surface area contributed by atoms with E-state index in [0.29, 0.717) is 4.47 Å². The summed E-state index contributed by atoms with van der Waals surface area (Å²) in [6.45, 7) is 0. The first-order valence-electron chi connectivity index (χ1n) is 5.64. The summed E-state index contributed by atoms with van der Waals surface area (Å²) < 4.78 is 40.4. The molecule has 0 saturated heterocycles. The van der Waals surface area contributed by atoms with Crippen LogP contribution in [0.2, 0.25) is 0 Å². The summed E-state index contributed by atoms with van der Waals surface area (Å²) in [5.41, 5.74) is -0.112. The van der Waals surface area contributed by atoms with Crippen LogP contribution in [0.25, 0.3) is 0 Å². The van der Waals surface area contributed by atoms with Crippen molar-refractivity contribution in [2.75, 3.05) is 5.32 Å². The topological polar surface area (TPSA) is 29.1 Å². The average molecular weight is 344 g/mol. The number of anilines is 1. The minimum absolute atomic E-state index is 0.161. The number of rotatable bonds is 3. The molecule has 0 saturated carbocycles. The van der Waals surface area contributed by atoms with Gasteiger partial charge in [-0.2, -0.15) is 0 Å². The fraction of sp³-hybridized carbons (Fsp3) is 0.0714. The van der Waals surface area contributed by atoms with Crippen LogP contribution in [0.3, 0.4) is 0 Å². The molecule has 1 N–H and O–H groups in total. The van der Waals surface area contributed by atoms with Crippen molar-refractivity contribution in [2.24, 2.45) is 0 Å². The zero-order chi connectivity index (χ0) is 14.7. The summed E-state index contributed by atoms with van der Waals surface area (Å²) >= 11 is 3.17. The molecule has 6 heteroatoms. The van der Waals surface area contributed by atoms with E-state index in [-0.39, 0.29) is 17.7 Å². The Morgan fingerprint density at radius 2 is 1.75 bits per heavy atom. The fourth-order valence-corrected chi connectivity index (χ4v) is 2.05. The van der Waals surface area contributed by atoms with Gasteiger partial charge in [0.05, 0.1) is 12.1 Å². The van der Waals surface area contributed by atoms with Crippen molar-refractivity contribution in [2.45, 2.75) is 6.42 Å². The van der Waals surface area contributed by atoms with Crippen molar-refractivity contribution < 1.29 is 18.0 Å². The molecule has 2 nitrogen and oxygen atoms in total. The van der Waals surface area contributed by atoms with Crippen molar-refractivity contribution in [3.05, 3.63) is 63.9 Å². The van der Waals surface area contributed by atoms with E-state index in [0.717, 1.165) is 18.2 Å². The first-order chi connectivity index (χ1) is 9.45. The number of carbonyl (C=O) groups is 1. The maximum Gasteiger partial charge on any atom is 0.228 e. The Morgan fingerprint density at radius 1 is 1.05 bits per heavy atom. The van der Waals surface area contributed by atoms with Crippen LogP contribution in [0.4, 0.5) is 18.9 Å². The van der Waals surface area contributed by atoms with Gasteiger partial charge in [-0.25, -0.2) is 13.2 Å². The molecule has 1 amide bonds. The van der Waals surface area contributed by atoms with Gasteiger partial charge < -0.3 is 5.32 Å². The molecule has 0 unspecified atom stereocenters. The van der Waals surface area contributed by atoms with Gasteiger partial charge in [-0.3, -0.25) is 4.79 Å². The van der Waals surface area contributed by atoms with Crippen LogP contribution in [0.1, 0.15) is 5.56 Å². The van der Waals surface area contributed by atoms with Gasteiger partial charge in [0.2, 0.25) is 5.91 Å². The largest absolute Gasteiger partial charge is 0.323 e. The van der Waals surface area contributed by atoms with Gasteiger partial charge in [-0.1, -0.05) is 15.9 Å². The molecule has 2 aromatic carbocycles. The quantitative estimate of drug-likeness (QED) is 0.894. The molecule has 104 valence electrons. The number of nitrogens with one attached hydrogen (secondary N) is 1. The lowest BCUT2D eigenvalue weighted by Gasteiger charge is -2.07. The zero-order valence-corrected chi connectivity index (χ0v) is 11.7. The van der Waals surface area contributed by atoms with Crippen molar-refractivity contribution in [1.82, 2.24) is 0 Å². The van der Waals surface area contributed by atoms with E-state index in [1.807, 2.05) is 0 Å². The first kappa shape index (κ1) is 14.6. The summed E-state index contributed by atoms with van der Waals surface area (Å²) in [5.74, 6) is -2.60. The van der Waals surface area contributed by atoms with Crippen molar-refractivity contribution in [3.63, 3.8) is 0 Å². The monoisotopic (exact) mass is 343 g/mol. The normalized spacial score (nSPS) is 10.4. The lowest BCUT2D eigenvalue weighted by Crippen LogP contribution is -2.16. The van der Waals surface area contributed by atoms with E-state index in [9.17, 15) is 18.0 Å². The molecule has 0 aliphatic rings. The number of halogens is 4. The lowest BCUT2D eigenvalue weighted by atomic mass is 10.1. The smallest absolute Gasteiger partial charge is 0.228 e. The Bertz CT molecular complexity index is 605. The standard InChI is InChI=1S/C14H9BrF3NO/c15-9-1-3-11(17)8(5-9)6-14(20)19-13-7-10(16)2-4-12(13)18/h1-5,7H,6H2,(H,19,20). The summed E-state index contributed by atoms with van der Waals surface area (Å²) in [6, 6.07) is 6.89. The number of benzene rings is 2.